The van der Waals surface area contributed by atoms with Gasteiger partial charge in [-0.1, -0.05) is 19.3 Å². The normalized spacial score (nSPS) is 22.7. The van der Waals surface area contributed by atoms with Crippen LogP contribution in [0.25, 0.3) is 0 Å². The van der Waals surface area contributed by atoms with Gasteiger partial charge in [0.1, 0.15) is 16.6 Å². The average Bonchev–Trinajstić information content (AvgIpc) is 2.54. The number of esters is 1. The summed E-state index contributed by atoms with van der Waals surface area (Å²) in [4.78, 5) is 37.8. The Morgan fingerprint density at radius 1 is 1.00 bits per heavy atom. The monoisotopic (exact) mass is 354 g/mol. The summed E-state index contributed by atoms with van der Waals surface area (Å²) in [6.07, 6.45) is 3.90. The van der Waals surface area contributed by atoms with Crippen molar-refractivity contribution in [2.45, 2.75) is 76.9 Å². The van der Waals surface area contributed by atoms with Crippen LogP contribution in [0.4, 0.5) is 0 Å². The van der Waals surface area contributed by atoms with Gasteiger partial charge in [-0.05, 0) is 59.5 Å². The third kappa shape index (κ3) is 4.32. The molecular formula is C18H30N2O5. The van der Waals surface area contributed by atoms with E-state index in [0.717, 1.165) is 19.3 Å². The summed E-state index contributed by atoms with van der Waals surface area (Å²) in [5.41, 5.74) is -3.29. The molecule has 0 bridgehead atoms. The maximum absolute atomic E-state index is 13.1. The van der Waals surface area contributed by atoms with E-state index in [-0.39, 0.29) is 0 Å². The fourth-order valence-corrected chi connectivity index (χ4v) is 3.64. The van der Waals surface area contributed by atoms with Crippen LogP contribution in [0.1, 0.15) is 65.7 Å². The largest absolute Gasteiger partial charge is 0.480 e. The van der Waals surface area contributed by atoms with Gasteiger partial charge in [-0.2, -0.15) is 0 Å². The van der Waals surface area contributed by atoms with Crippen LogP contribution in [0.2, 0.25) is 0 Å². The maximum Gasteiger partial charge on any atom is 0.329 e. The molecule has 0 radical (unpaired) electrons. The lowest BCUT2D eigenvalue weighted by molar-refractivity contribution is -0.174. The second-order valence-electron chi connectivity index (χ2n) is 8.24. The smallest absolute Gasteiger partial charge is 0.329 e. The second kappa shape index (κ2) is 7.32. The molecule has 2 fully saturated rings. The number of carbonyl (C=O) groups is 3. The van der Waals surface area contributed by atoms with E-state index in [2.05, 4.69) is 10.6 Å². The number of hydrogen-bond donors (Lipinski definition) is 3. The van der Waals surface area contributed by atoms with Crippen LogP contribution in [0.5, 0.6) is 0 Å². The van der Waals surface area contributed by atoms with E-state index in [1.54, 1.807) is 20.8 Å². The van der Waals surface area contributed by atoms with Crippen molar-refractivity contribution < 1.29 is 24.2 Å². The highest BCUT2D eigenvalue weighted by Gasteiger charge is 2.52. The van der Waals surface area contributed by atoms with Crippen LogP contribution in [0.15, 0.2) is 0 Å². The number of ether oxygens (including phenoxy) is 1. The molecule has 1 aliphatic carbocycles. The molecule has 0 aromatic rings. The molecule has 0 atom stereocenters. The van der Waals surface area contributed by atoms with Gasteiger partial charge in [0.2, 0.25) is 5.91 Å². The number of carboxylic acid groups (broad SMARTS) is 1. The molecular weight excluding hydrogens is 324 g/mol. The SMILES string of the molecule is CC(C)(C)OC(=O)C1(C(=O)NC2(C(=O)O)CCCCC2)CCNCC1. The molecule has 1 aliphatic heterocycles. The Bertz CT molecular complexity index is 526. The molecule has 1 saturated heterocycles. The summed E-state index contributed by atoms with van der Waals surface area (Å²) in [7, 11) is 0. The minimum absolute atomic E-state index is 0.309. The van der Waals surface area contributed by atoms with Crippen molar-refractivity contribution in [3.05, 3.63) is 0 Å². The van der Waals surface area contributed by atoms with Crippen LogP contribution < -0.4 is 10.6 Å². The molecule has 25 heavy (non-hydrogen) atoms. The Balaban J connectivity index is 2.26. The van der Waals surface area contributed by atoms with E-state index in [1.165, 1.54) is 0 Å². The first-order valence-corrected chi connectivity index (χ1v) is 9.12. The molecule has 7 nitrogen and oxygen atoms in total. The summed E-state index contributed by atoms with van der Waals surface area (Å²) in [5, 5.41) is 15.6. The van der Waals surface area contributed by atoms with Crippen molar-refractivity contribution in [3.8, 4) is 0 Å². The van der Waals surface area contributed by atoms with Crippen molar-refractivity contribution in [1.82, 2.24) is 10.6 Å². The van der Waals surface area contributed by atoms with Crippen molar-refractivity contribution in [2.24, 2.45) is 5.41 Å². The highest BCUT2D eigenvalue weighted by atomic mass is 16.6. The number of nitrogens with one attached hydrogen (secondary N) is 2. The summed E-state index contributed by atoms with van der Waals surface area (Å²) in [5.74, 6) is -2.09. The number of piperidine rings is 1. The summed E-state index contributed by atoms with van der Waals surface area (Å²) in [6.45, 7) is 6.33. The van der Waals surface area contributed by atoms with Gasteiger partial charge in [-0.25, -0.2) is 4.79 Å². The Morgan fingerprint density at radius 2 is 1.56 bits per heavy atom. The second-order valence-corrected chi connectivity index (χ2v) is 8.24. The molecule has 142 valence electrons. The third-order valence-electron chi connectivity index (χ3n) is 5.15. The first-order valence-electron chi connectivity index (χ1n) is 9.12. The first-order chi connectivity index (χ1) is 11.6. The molecule has 0 aromatic heterocycles. The van der Waals surface area contributed by atoms with Gasteiger partial charge in [0, 0.05) is 0 Å². The fraction of sp³-hybridized carbons (Fsp3) is 0.833. The average molecular weight is 354 g/mol. The lowest BCUT2D eigenvalue weighted by Crippen LogP contribution is -2.62. The third-order valence-corrected chi connectivity index (χ3v) is 5.15. The van der Waals surface area contributed by atoms with Gasteiger partial charge in [0.15, 0.2) is 0 Å². The van der Waals surface area contributed by atoms with Crippen molar-refractivity contribution in [2.75, 3.05) is 13.1 Å². The molecule has 0 spiro atoms. The standard InChI is InChI=1S/C18H30N2O5/c1-16(2,3)25-15(24)17(9-11-19-12-10-17)13(21)20-18(14(22)23)7-5-4-6-8-18/h19H,4-12H2,1-3H3,(H,20,21)(H,22,23). The maximum atomic E-state index is 13.1. The molecule has 3 N–H and O–H groups in total. The highest BCUT2D eigenvalue weighted by Crippen LogP contribution is 2.35. The lowest BCUT2D eigenvalue weighted by atomic mass is 9.75. The first kappa shape index (κ1) is 19.7. The molecule has 1 amide bonds. The zero-order valence-corrected chi connectivity index (χ0v) is 15.4. The summed E-state index contributed by atoms with van der Waals surface area (Å²) < 4.78 is 5.51. The van der Waals surface area contributed by atoms with Crippen LogP contribution >= 0.6 is 0 Å². The quantitative estimate of drug-likeness (QED) is 0.523. The van der Waals surface area contributed by atoms with Crippen LogP contribution in [-0.2, 0) is 19.1 Å². The van der Waals surface area contributed by atoms with E-state index in [9.17, 15) is 19.5 Å². The van der Waals surface area contributed by atoms with Crippen LogP contribution in [0.3, 0.4) is 0 Å². The lowest BCUT2D eigenvalue weighted by Gasteiger charge is -2.40. The minimum Gasteiger partial charge on any atom is -0.480 e. The summed E-state index contributed by atoms with van der Waals surface area (Å²) >= 11 is 0. The predicted molar refractivity (Wildman–Crippen MR) is 92.0 cm³/mol. The molecule has 0 aromatic carbocycles. The van der Waals surface area contributed by atoms with E-state index in [4.69, 9.17) is 4.74 Å². The number of hydrogen-bond acceptors (Lipinski definition) is 5. The number of carboxylic acids is 1. The zero-order valence-electron chi connectivity index (χ0n) is 15.4. The van der Waals surface area contributed by atoms with Crippen molar-refractivity contribution in [3.63, 3.8) is 0 Å². The zero-order chi connectivity index (χ0) is 18.7. The van der Waals surface area contributed by atoms with E-state index in [0.29, 0.717) is 38.8 Å². The Labute approximate surface area is 148 Å². The van der Waals surface area contributed by atoms with Gasteiger partial charge in [-0.3, -0.25) is 9.59 Å². The predicted octanol–water partition coefficient (Wildman–Crippen LogP) is 1.60. The van der Waals surface area contributed by atoms with Crippen molar-refractivity contribution in [1.29, 1.82) is 0 Å². The summed E-state index contributed by atoms with van der Waals surface area (Å²) in [6, 6.07) is 0. The van der Waals surface area contributed by atoms with Gasteiger partial charge in [0.25, 0.3) is 0 Å². The van der Waals surface area contributed by atoms with E-state index >= 15 is 0 Å². The topological polar surface area (TPSA) is 105 Å². The highest BCUT2D eigenvalue weighted by molar-refractivity contribution is 6.04. The number of carbonyl (C=O) groups excluding carboxylic acids is 2. The number of rotatable bonds is 4. The fourth-order valence-electron chi connectivity index (χ4n) is 3.64. The van der Waals surface area contributed by atoms with Gasteiger partial charge < -0.3 is 20.5 Å². The molecule has 2 aliphatic rings. The molecule has 7 heteroatoms. The minimum atomic E-state index is -1.32. The molecule has 1 saturated carbocycles. The van der Waals surface area contributed by atoms with Gasteiger partial charge in [-0.15, -0.1) is 0 Å². The van der Waals surface area contributed by atoms with Crippen molar-refractivity contribution >= 4 is 17.8 Å². The van der Waals surface area contributed by atoms with Crippen LogP contribution in [-0.4, -0.2) is 47.2 Å². The molecule has 1 heterocycles. The van der Waals surface area contributed by atoms with Gasteiger partial charge >= 0.3 is 11.9 Å². The molecule has 0 unspecified atom stereocenters. The van der Waals surface area contributed by atoms with Crippen LogP contribution in [0, 0.1) is 5.41 Å². The number of amides is 1. The van der Waals surface area contributed by atoms with E-state index < -0.39 is 34.4 Å². The molecule has 2 rings (SSSR count). The van der Waals surface area contributed by atoms with Gasteiger partial charge in [0.05, 0.1) is 0 Å². The Kier molecular flexibility index (Phi) is 5.76. The van der Waals surface area contributed by atoms with E-state index in [1.807, 2.05) is 0 Å². The number of aliphatic carboxylic acids is 1. The Morgan fingerprint density at radius 3 is 2.04 bits per heavy atom. The Hall–Kier alpha value is -1.63.